The molecular weight excluding hydrogens is 366 g/mol. The second-order valence-electron chi connectivity index (χ2n) is 6.36. The smallest absolute Gasteiger partial charge is 0.329 e. The lowest BCUT2D eigenvalue weighted by Gasteiger charge is -2.15. The predicted molar refractivity (Wildman–Crippen MR) is 107 cm³/mol. The van der Waals surface area contributed by atoms with Crippen molar-refractivity contribution in [2.75, 3.05) is 5.32 Å². The van der Waals surface area contributed by atoms with Crippen LogP contribution in [0.1, 0.15) is 49.9 Å². The normalized spacial score (nSPS) is 11.1. The minimum Gasteiger partial charge on any atom is -0.386 e. The number of aliphatic hydroxyl groups is 1. The Balaban J connectivity index is 2.08. The molecule has 0 fully saturated rings. The molecule has 7 heteroatoms. The second-order valence-corrected chi connectivity index (χ2v) is 8.38. The number of thiophene rings is 1. The maximum absolute atomic E-state index is 12.3. The molecule has 0 saturated carbocycles. The second kappa shape index (κ2) is 8.58. The zero-order valence-corrected chi connectivity index (χ0v) is 17.0. The third-order valence-electron chi connectivity index (χ3n) is 3.96. The minimum atomic E-state index is -0.897. The van der Waals surface area contributed by atoms with Gasteiger partial charge in [0.2, 0.25) is 0 Å². The molecule has 26 heavy (non-hydrogen) atoms. The van der Waals surface area contributed by atoms with Crippen LogP contribution in [0.25, 0.3) is 0 Å². The summed E-state index contributed by atoms with van der Waals surface area (Å²) in [6, 6.07) is 7.35. The van der Waals surface area contributed by atoms with E-state index >= 15 is 0 Å². The van der Waals surface area contributed by atoms with Gasteiger partial charge in [-0.2, -0.15) is 5.26 Å². The third-order valence-corrected chi connectivity index (χ3v) is 5.82. The summed E-state index contributed by atoms with van der Waals surface area (Å²) < 4.78 is 3.67. The van der Waals surface area contributed by atoms with E-state index in [4.69, 9.17) is 5.26 Å². The van der Waals surface area contributed by atoms with Crippen LogP contribution in [0.3, 0.4) is 0 Å². The molecule has 2 aromatic rings. The fourth-order valence-corrected chi connectivity index (χ4v) is 4.16. The maximum atomic E-state index is 12.3. The van der Waals surface area contributed by atoms with Gasteiger partial charge in [0.1, 0.15) is 0 Å². The average Bonchev–Trinajstić information content (AvgIpc) is 3.09. The number of anilines is 1. The average molecular weight is 390 g/mol. The number of nitriles is 1. The van der Waals surface area contributed by atoms with E-state index in [0.29, 0.717) is 5.56 Å². The number of hydrogen-bond acceptors (Lipinski definition) is 5. The van der Waals surface area contributed by atoms with Gasteiger partial charge < -0.3 is 10.4 Å². The lowest BCUT2D eigenvalue weighted by atomic mass is 9.99. The molecule has 138 valence electrons. The van der Waals surface area contributed by atoms with Crippen molar-refractivity contribution in [3.8, 4) is 6.07 Å². The predicted octanol–water partition coefficient (Wildman–Crippen LogP) is 4.80. The SMILES string of the molecule is CCc1cc(C#N)cc(CC)c1NC(=O)NSc1cc(C(C)(C)O)cs1. The molecule has 2 amide bonds. The van der Waals surface area contributed by atoms with E-state index < -0.39 is 5.60 Å². The van der Waals surface area contributed by atoms with Gasteiger partial charge in [-0.3, -0.25) is 4.72 Å². The van der Waals surface area contributed by atoms with Crippen LogP contribution in [0.4, 0.5) is 10.5 Å². The van der Waals surface area contributed by atoms with E-state index in [1.54, 1.807) is 13.8 Å². The van der Waals surface area contributed by atoms with Gasteiger partial charge in [-0.1, -0.05) is 13.8 Å². The lowest BCUT2D eigenvalue weighted by Crippen LogP contribution is -2.24. The number of nitrogens with one attached hydrogen (secondary N) is 2. The fraction of sp³-hybridized carbons (Fsp3) is 0.368. The molecule has 0 aliphatic carbocycles. The highest BCUT2D eigenvalue weighted by atomic mass is 32.2. The Labute approximate surface area is 162 Å². The molecule has 1 heterocycles. The van der Waals surface area contributed by atoms with Gasteiger partial charge >= 0.3 is 6.03 Å². The van der Waals surface area contributed by atoms with E-state index in [2.05, 4.69) is 16.1 Å². The summed E-state index contributed by atoms with van der Waals surface area (Å²) in [5.74, 6) is 0. The Hall–Kier alpha value is -2.01. The van der Waals surface area contributed by atoms with Crippen molar-refractivity contribution in [2.45, 2.75) is 50.3 Å². The summed E-state index contributed by atoms with van der Waals surface area (Å²) in [5.41, 5.74) is 3.20. The number of carbonyl (C=O) groups excluding carboxylic acids is 1. The van der Waals surface area contributed by atoms with Crippen molar-refractivity contribution in [3.63, 3.8) is 0 Å². The van der Waals surface area contributed by atoms with Crippen molar-refractivity contribution < 1.29 is 9.90 Å². The Morgan fingerprint density at radius 1 is 1.27 bits per heavy atom. The molecule has 0 spiro atoms. The van der Waals surface area contributed by atoms with Crippen LogP contribution >= 0.6 is 23.3 Å². The molecule has 1 aromatic carbocycles. The van der Waals surface area contributed by atoms with Gasteiger partial charge in [-0.15, -0.1) is 11.3 Å². The molecule has 1 aromatic heterocycles. The van der Waals surface area contributed by atoms with E-state index in [1.165, 1.54) is 23.3 Å². The largest absolute Gasteiger partial charge is 0.386 e. The first-order valence-corrected chi connectivity index (χ1v) is 10.1. The molecule has 0 saturated heterocycles. The van der Waals surface area contributed by atoms with E-state index in [-0.39, 0.29) is 6.03 Å². The topological polar surface area (TPSA) is 85.2 Å². The van der Waals surface area contributed by atoms with Gasteiger partial charge in [0.15, 0.2) is 0 Å². The lowest BCUT2D eigenvalue weighted by molar-refractivity contribution is 0.0789. The number of amides is 2. The first kappa shape index (κ1) is 20.3. The first-order valence-electron chi connectivity index (χ1n) is 8.39. The molecule has 0 aliphatic rings. The van der Waals surface area contributed by atoms with Crippen LogP contribution in [0.15, 0.2) is 27.8 Å². The minimum absolute atomic E-state index is 0.317. The fourth-order valence-electron chi connectivity index (χ4n) is 2.48. The van der Waals surface area contributed by atoms with Crippen molar-refractivity contribution in [2.24, 2.45) is 0 Å². The third kappa shape index (κ3) is 5.01. The molecule has 0 bridgehead atoms. The number of hydrogen-bond donors (Lipinski definition) is 3. The zero-order chi connectivity index (χ0) is 19.3. The van der Waals surface area contributed by atoms with Crippen LogP contribution < -0.4 is 10.0 Å². The van der Waals surface area contributed by atoms with Gasteiger partial charge in [0.05, 0.1) is 21.4 Å². The van der Waals surface area contributed by atoms with Gasteiger partial charge in [0.25, 0.3) is 0 Å². The monoisotopic (exact) mass is 389 g/mol. The van der Waals surface area contributed by atoms with Crippen LogP contribution in [-0.4, -0.2) is 11.1 Å². The summed E-state index contributed by atoms with van der Waals surface area (Å²) >= 11 is 2.68. The van der Waals surface area contributed by atoms with E-state index in [0.717, 1.165) is 39.4 Å². The number of urea groups is 1. The number of nitrogens with zero attached hydrogens (tertiary/aromatic N) is 1. The number of rotatable bonds is 6. The molecule has 0 radical (unpaired) electrons. The molecule has 0 aliphatic heterocycles. The summed E-state index contributed by atoms with van der Waals surface area (Å²) in [6.07, 6.45) is 1.45. The van der Waals surface area contributed by atoms with E-state index in [1.807, 2.05) is 37.4 Å². The van der Waals surface area contributed by atoms with Crippen LogP contribution in [0.5, 0.6) is 0 Å². The number of benzene rings is 1. The Morgan fingerprint density at radius 3 is 2.35 bits per heavy atom. The molecule has 0 unspecified atom stereocenters. The molecule has 5 nitrogen and oxygen atoms in total. The Morgan fingerprint density at radius 2 is 1.88 bits per heavy atom. The van der Waals surface area contributed by atoms with Crippen molar-refractivity contribution >= 4 is 35.0 Å². The van der Waals surface area contributed by atoms with Gasteiger partial charge in [-0.05, 0) is 78.9 Å². The zero-order valence-electron chi connectivity index (χ0n) is 15.3. The Kier molecular flexibility index (Phi) is 6.70. The number of carbonyl (C=O) groups is 1. The maximum Gasteiger partial charge on any atom is 0.329 e. The molecule has 2 rings (SSSR count). The highest BCUT2D eigenvalue weighted by Gasteiger charge is 2.18. The first-order chi connectivity index (χ1) is 12.3. The van der Waals surface area contributed by atoms with Gasteiger partial charge in [-0.25, -0.2) is 4.79 Å². The summed E-state index contributed by atoms with van der Waals surface area (Å²) in [7, 11) is 0. The van der Waals surface area contributed by atoms with Crippen LogP contribution in [-0.2, 0) is 18.4 Å². The number of aryl methyl sites for hydroxylation is 2. The molecule has 0 atom stereocenters. The van der Waals surface area contributed by atoms with Crippen molar-refractivity contribution in [1.29, 1.82) is 5.26 Å². The summed E-state index contributed by atoms with van der Waals surface area (Å²) in [6.45, 7) is 7.45. The summed E-state index contributed by atoms with van der Waals surface area (Å²) in [5, 5.41) is 24.0. The van der Waals surface area contributed by atoms with Crippen LogP contribution in [0.2, 0.25) is 0 Å². The highest BCUT2D eigenvalue weighted by Crippen LogP contribution is 2.31. The van der Waals surface area contributed by atoms with Crippen LogP contribution in [0, 0.1) is 11.3 Å². The molecule has 3 N–H and O–H groups in total. The van der Waals surface area contributed by atoms with Crippen molar-refractivity contribution in [3.05, 3.63) is 45.8 Å². The summed E-state index contributed by atoms with van der Waals surface area (Å²) in [4.78, 5) is 12.3. The molecular formula is C19H23N3O2S2. The van der Waals surface area contributed by atoms with E-state index in [9.17, 15) is 9.90 Å². The highest BCUT2D eigenvalue weighted by molar-refractivity contribution is 7.99. The Bertz CT molecular complexity index is 807. The quantitative estimate of drug-likeness (QED) is 0.620. The van der Waals surface area contributed by atoms with Gasteiger partial charge in [0, 0.05) is 5.69 Å². The standard InChI is InChI=1S/C19H23N3O2S2/c1-5-13-7-12(10-20)8-14(6-2)17(13)21-18(23)22-26-16-9-15(11-25-16)19(3,4)24/h7-9,11,24H,5-6H2,1-4H3,(H2,21,22,23). The van der Waals surface area contributed by atoms with Crippen molar-refractivity contribution in [1.82, 2.24) is 4.72 Å².